The van der Waals surface area contributed by atoms with Crippen LogP contribution in [0.3, 0.4) is 0 Å². The molecule has 0 bridgehead atoms. The highest BCUT2D eigenvalue weighted by Gasteiger charge is 2.14. The van der Waals surface area contributed by atoms with Crippen molar-refractivity contribution in [3.8, 4) is 0 Å². The van der Waals surface area contributed by atoms with Gasteiger partial charge in [0.2, 0.25) is 5.91 Å². The molecular weight excluding hydrogens is 324 g/mol. The predicted octanol–water partition coefficient (Wildman–Crippen LogP) is 2.94. The second-order valence-corrected chi connectivity index (χ2v) is 5.33. The normalized spacial score (nSPS) is 10.5. The number of pyridine rings is 1. The molecule has 0 unspecified atom stereocenters. The summed E-state index contributed by atoms with van der Waals surface area (Å²) in [7, 11) is 0. The molecule has 1 amide bonds. The van der Waals surface area contributed by atoms with Crippen LogP contribution in [0.25, 0.3) is 11.2 Å². The summed E-state index contributed by atoms with van der Waals surface area (Å²) in [5, 5.41) is 16.7. The van der Waals surface area contributed by atoms with Gasteiger partial charge in [-0.05, 0) is 31.2 Å². The van der Waals surface area contributed by atoms with Gasteiger partial charge in [-0.1, -0.05) is 0 Å². The Morgan fingerprint density at radius 2 is 1.84 bits per heavy atom. The van der Waals surface area contributed by atoms with E-state index in [2.05, 4.69) is 25.6 Å². The van der Waals surface area contributed by atoms with E-state index in [4.69, 9.17) is 0 Å². The summed E-state index contributed by atoms with van der Waals surface area (Å²) in [4.78, 5) is 34.1. The van der Waals surface area contributed by atoms with Crippen molar-refractivity contribution in [1.82, 2.24) is 15.0 Å². The van der Waals surface area contributed by atoms with E-state index < -0.39 is 4.92 Å². The number of benzene rings is 1. The van der Waals surface area contributed by atoms with Crippen molar-refractivity contribution >= 4 is 40.0 Å². The topological polar surface area (TPSA) is 123 Å². The number of aryl methyl sites for hydroxylation is 1. The Bertz CT molecular complexity index is 972. The summed E-state index contributed by atoms with van der Waals surface area (Å²) < 4.78 is 0. The summed E-state index contributed by atoms with van der Waals surface area (Å²) in [6.45, 7) is 3.00. The second-order valence-electron chi connectivity index (χ2n) is 5.33. The van der Waals surface area contributed by atoms with Crippen LogP contribution in [0.15, 0.2) is 36.5 Å². The van der Waals surface area contributed by atoms with Gasteiger partial charge in [0.05, 0.1) is 11.1 Å². The fourth-order valence-corrected chi connectivity index (χ4v) is 2.26. The van der Waals surface area contributed by atoms with Crippen LogP contribution >= 0.6 is 0 Å². The smallest absolute Gasteiger partial charge is 0.292 e. The highest BCUT2D eigenvalue weighted by atomic mass is 16.6. The number of nitro groups is 1. The number of fused-ring (bicyclic) bond motifs is 1. The summed E-state index contributed by atoms with van der Waals surface area (Å²) in [5.74, 6) is 0.317. The minimum Gasteiger partial charge on any atom is -0.339 e. The number of anilines is 3. The van der Waals surface area contributed by atoms with Crippen LogP contribution in [0.2, 0.25) is 0 Å². The summed E-state index contributed by atoms with van der Waals surface area (Å²) >= 11 is 0. The molecule has 9 nitrogen and oxygen atoms in total. The molecule has 0 saturated heterocycles. The molecule has 0 saturated carbocycles. The van der Waals surface area contributed by atoms with Crippen LogP contribution in [0.1, 0.15) is 12.6 Å². The molecule has 0 fully saturated rings. The molecule has 1 aromatic carbocycles. The average Bonchev–Trinajstić information content (AvgIpc) is 2.55. The number of hydrogen-bond acceptors (Lipinski definition) is 7. The van der Waals surface area contributed by atoms with E-state index in [1.165, 1.54) is 19.2 Å². The third-order valence-electron chi connectivity index (χ3n) is 3.37. The Morgan fingerprint density at radius 1 is 1.16 bits per heavy atom. The van der Waals surface area contributed by atoms with Gasteiger partial charge in [-0.2, -0.15) is 0 Å². The molecule has 0 spiro atoms. The number of rotatable bonds is 4. The monoisotopic (exact) mass is 338 g/mol. The lowest BCUT2D eigenvalue weighted by Gasteiger charge is -2.08. The predicted molar refractivity (Wildman–Crippen MR) is 92.8 cm³/mol. The zero-order valence-electron chi connectivity index (χ0n) is 13.5. The van der Waals surface area contributed by atoms with E-state index in [9.17, 15) is 14.9 Å². The first-order chi connectivity index (χ1) is 11.9. The van der Waals surface area contributed by atoms with Gasteiger partial charge in [-0.25, -0.2) is 15.0 Å². The molecule has 0 aliphatic rings. The fourth-order valence-electron chi connectivity index (χ4n) is 2.26. The number of carbonyl (C=O) groups excluding carboxylic acids is 1. The largest absolute Gasteiger partial charge is 0.339 e. The molecular formula is C16H14N6O3. The van der Waals surface area contributed by atoms with Gasteiger partial charge in [-0.15, -0.1) is 0 Å². The van der Waals surface area contributed by atoms with Crippen molar-refractivity contribution in [3.05, 3.63) is 52.3 Å². The van der Waals surface area contributed by atoms with Gasteiger partial charge in [0, 0.05) is 24.4 Å². The first-order valence-electron chi connectivity index (χ1n) is 7.36. The lowest BCUT2D eigenvalue weighted by molar-refractivity contribution is -0.385. The second kappa shape index (κ2) is 6.48. The van der Waals surface area contributed by atoms with Gasteiger partial charge in [0.25, 0.3) is 5.69 Å². The van der Waals surface area contributed by atoms with Crippen molar-refractivity contribution in [2.24, 2.45) is 0 Å². The van der Waals surface area contributed by atoms with Crippen LogP contribution < -0.4 is 10.6 Å². The van der Waals surface area contributed by atoms with E-state index in [1.807, 2.05) is 0 Å². The van der Waals surface area contributed by atoms with Crippen molar-refractivity contribution in [3.63, 3.8) is 0 Å². The Labute approximate surface area is 142 Å². The van der Waals surface area contributed by atoms with Crippen molar-refractivity contribution in [2.75, 3.05) is 10.6 Å². The molecule has 2 N–H and O–H groups in total. The SMILES string of the molecule is CC(=O)Nc1ccc(Nc2cnc3cc([N+](=O)[O-])c(C)nc3n2)cc1. The molecule has 2 aromatic heterocycles. The zero-order chi connectivity index (χ0) is 18.0. The van der Waals surface area contributed by atoms with Gasteiger partial charge in [0.1, 0.15) is 11.2 Å². The number of amides is 1. The number of hydrogen-bond donors (Lipinski definition) is 2. The van der Waals surface area contributed by atoms with E-state index in [1.54, 1.807) is 31.2 Å². The minimum atomic E-state index is -0.494. The molecule has 3 rings (SSSR count). The molecule has 2 heterocycles. The molecule has 25 heavy (non-hydrogen) atoms. The molecule has 3 aromatic rings. The maximum Gasteiger partial charge on any atom is 0.292 e. The molecule has 126 valence electrons. The minimum absolute atomic E-state index is 0.0870. The van der Waals surface area contributed by atoms with Crippen LogP contribution in [0, 0.1) is 17.0 Å². The van der Waals surface area contributed by atoms with Crippen LogP contribution in [-0.4, -0.2) is 25.8 Å². The molecule has 9 heteroatoms. The lowest BCUT2D eigenvalue weighted by Crippen LogP contribution is -2.05. The Hall–Kier alpha value is -3.62. The molecule has 0 aliphatic heterocycles. The number of carbonyl (C=O) groups is 1. The number of nitrogens with one attached hydrogen (secondary N) is 2. The van der Waals surface area contributed by atoms with E-state index >= 15 is 0 Å². The zero-order valence-corrected chi connectivity index (χ0v) is 13.5. The summed E-state index contributed by atoms with van der Waals surface area (Å²) in [6.07, 6.45) is 1.48. The highest BCUT2D eigenvalue weighted by molar-refractivity contribution is 5.88. The molecule has 0 atom stereocenters. The third-order valence-corrected chi connectivity index (χ3v) is 3.37. The first kappa shape index (κ1) is 16.2. The van der Waals surface area contributed by atoms with Gasteiger partial charge in [-0.3, -0.25) is 14.9 Å². The third kappa shape index (κ3) is 3.66. The lowest BCUT2D eigenvalue weighted by atomic mass is 10.2. The quantitative estimate of drug-likeness (QED) is 0.553. The molecule has 0 radical (unpaired) electrons. The van der Waals surface area contributed by atoms with Crippen LogP contribution in [-0.2, 0) is 4.79 Å². The maximum absolute atomic E-state index is 11.0. The average molecular weight is 338 g/mol. The van der Waals surface area contributed by atoms with E-state index in [0.717, 1.165) is 5.69 Å². The van der Waals surface area contributed by atoms with Crippen LogP contribution in [0.5, 0.6) is 0 Å². The maximum atomic E-state index is 11.0. The summed E-state index contributed by atoms with van der Waals surface area (Å²) in [5.41, 5.74) is 2.31. The fraction of sp³-hybridized carbons (Fsp3) is 0.125. The van der Waals surface area contributed by atoms with Crippen LogP contribution in [0.4, 0.5) is 22.9 Å². The van der Waals surface area contributed by atoms with E-state index in [0.29, 0.717) is 22.7 Å². The van der Waals surface area contributed by atoms with Crippen molar-refractivity contribution in [1.29, 1.82) is 0 Å². The number of nitrogens with zero attached hydrogens (tertiary/aromatic N) is 4. The first-order valence-corrected chi connectivity index (χ1v) is 7.36. The Morgan fingerprint density at radius 3 is 2.48 bits per heavy atom. The van der Waals surface area contributed by atoms with E-state index in [-0.39, 0.29) is 17.3 Å². The Balaban J connectivity index is 1.85. The van der Waals surface area contributed by atoms with Crippen molar-refractivity contribution < 1.29 is 9.72 Å². The van der Waals surface area contributed by atoms with Gasteiger partial charge < -0.3 is 10.6 Å². The summed E-state index contributed by atoms with van der Waals surface area (Å²) in [6, 6.07) is 8.43. The Kier molecular flexibility index (Phi) is 4.21. The van der Waals surface area contributed by atoms with Gasteiger partial charge in [0.15, 0.2) is 11.5 Å². The standard InChI is InChI=1S/C16H14N6O3/c1-9-14(22(24)25)7-13-16(18-9)21-15(8-17-13)20-12-5-3-11(4-6-12)19-10(2)23/h3-8H,1-2H3,(H,19,23)(H,18,20,21). The number of aromatic nitrogens is 3. The highest BCUT2D eigenvalue weighted by Crippen LogP contribution is 2.22. The van der Waals surface area contributed by atoms with Gasteiger partial charge >= 0.3 is 0 Å². The van der Waals surface area contributed by atoms with Crippen molar-refractivity contribution in [2.45, 2.75) is 13.8 Å². The molecule has 0 aliphatic carbocycles.